The number of hydrogen-bond donors (Lipinski definition) is 2. The molecule has 1 aliphatic heterocycles. The van der Waals surface area contributed by atoms with Crippen molar-refractivity contribution in [3.05, 3.63) is 35.1 Å². The number of carboxylic acid groups (broad SMARTS) is 2. The first-order chi connectivity index (χ1) is 14.9. The number of halogens is 1. The molecule has 12 heteroatoms. The normalized spacial score (nSPS) is 13.9. The highest BCUT2D eigenvalue weighted by atomic mass is 35.5. The van der Waals surface area contributed by atoms with Crippen LogP contribution >= 0.6 is 23.4 Å². The van der Waals surface area contributed by atoms with E-state index in [0.29, 0.717) is 11.6 Å². The Morgan fingerprint density at radius 3 is 2.39 bits per heavy atom. The summed E-state index contributed by atoms with van der Waals surface area (Å²) >= 11 is 7.63. The van der Waals surface area contributed by atoms with Gasteiger partial charge in [0.25, 0.3) is 0 Å². The zero-order valence-electron chi connectivity index (χ0n) is 17.1. The van der Waals surface area contributed by atoms with Crippen molar-refractivity contribution in [1.29, 1.82) is 0 Å². The Morgan fingerprint density at radius 2 is 1.81 bits per heavy atom. The molecule has 170 valence electrons. The monoisotopic (exact) mass is 472 g/mol. The van der Waals surface area contributed by atoms with E-state index in [-0.39, 0.29) is 0 Å². The van der Waals surface area contributed by atoms with Crippen molar-refractivity contribution in [2.45, 2.75) is 25.2 Å². The van der Waals surface area contributed by atoms with E-state index in [2.05, 4.69) is 26.6 Å². The van der Waals surface area contributed by atoms with Gasteiger partial charge in [-0.3, -0.25) is 4.90 Å². The molecule has 0 spiro atoms. The average molecular weight is 473 g/mol. The van der Waals surface area contributed by atoms with Gasteiger partial charge in [-0.1, -0.05) is 23.4 Å². The summed E-state index contributed by atoms with van der Waals surface area (Å²) < 4.78 is 13.3. The van der Waals surface area contributed by atoms with E-state index in [1.54, 1.807) is 11.8 Å². The van der Waals surface area contributed by atoms with Gasteiger partial charge < -0.3 is 24.3 Å². The minimum Gasteiger partial charge on any atom is -0.486 e. The highest BCUT2D eigenvalue weighted by Crippen LogP contribution is 2.20. The van der Waals surface area contributed by atoms with Gasteiger partial charge in [-0.05, 0) is 31.2 Å². The van der Waals surface area contributed by atoms with E-state index in [0.717, 1.165) is 61.9 Å². The number of ether oxygens (including phenoxy) is 2. The van der Waals surface area contributed by atoms with Crippen LogP contribution in [0.25, 0.3) is 0 Å². The fraction of sp³-hybridized carbons (Fsp3) is 0.474. The maximum atomic E-state index is 9.10. The van der Waals surface area contributed by atoms with E-state index in [1.807, 2.05) is 24.3 Å². The fourth-order valence-corrected chi connectivity index (χ4v) is 3.77. The quantitative estimate of drug-likeness (QED) is 0.435. The second-order valence-electron chi connectivity index (χ2n) is 6.30. The second kappa shape index (κ2) is 13.2. The minimum absolute atomic E-state index is 0.395. The summed E-state index contributed by atoms with van der Waals surface area (Å²) in [5, 5.41) is 25.0. The molecular weight excluding hydrogens is 448 g/mol. The Labute approximate surface area is 189 Å². The summed E-state index contributed by atoms with van der Waals surface area (Å²) in [6.45, 7) is 8.06. The largest absolute Gasteiger partial charge is 0.486 e. The number of hydrogen-bond acceptors (Lipinski definition) is 8. The van der Waals surface area contributed by atoms with Crippen LogP contribution in [-0.2, 0) is 27.5 Å². The van der Waals surface area contributed by atoms with Crippen molar-refractivity contribution in [1.82, 2.24) is 19.7 Å². The summed E-state index contributed by atoms with van der Waals surface area (Å²) in [6, 6.07) is 7.34. The summed E-state index contributed by atoms with van der Waals surface area (Å²) in [6.07, 6.45) is 0. The summed E-state index contributed by atoms with van der Waals surface area (Å²) in [5.74, 6) is -1.04. The molecule has 2 aromatic rings. The number of aromatic nitrogens is 3. The Kier molecular flexibility index (Phi) is 10.6. The first kappa shape index (κ1) is 24.9. The Morgan fingerprint density at radius 1 is 1.16 bits per heavy atom. The number of benzene rings is 1. The fourth-order valence-electron chi connectivity index (χ4n) is 2.62. The van der Waals surface area contributed by atoms with Crippen molar-refractivity contribution in [3.8, 4) is 5.75 Å². The number of carboxylic acids is 2. The molecule has 1 aromatic heterocycles. The molecule has 31 heavy (non-hydrogen) atoms. The minimum atomic E-state index is -1.82. The molecule has 1 fully saturated rings. The topological polar surface area (TPSA) is 127 Å². The molecule has 0 radical (unpaired) electrons. The van der Waals surface area contributed by atoms with Gasteiger partial charge in [0.1, 0.15) is 12.4 Å². The van der Waals surface area contributed by atoms with Crippen molar-refractivity contribution in [2.75, 3.05) is 38.6 Å². The van der Waals surface area contributed by atoms with Crippen molar-refractivity contribution in [3.63, 3.8) is 0 Å². The molecule has 2 heterocycles. The van der Waals surface area contributed by atoms with Gasteiger partial charge in [-0.25, -0.2) is 9.59 Å². The maximum Gasteiger partial charge on any atom is 0.414 e. The number of nitrogens with zero attached hydrogens (tertiary/aromatic N) is 4. The summed E-state index contributed by atoms with van der Waals surface area (Å²) in [7, 11) is 0. The Hall–Kier alpha value is -2.34. The van der Waals surface area contributed by atoms with Crippen LogP contribution in [0.3, 0.4) is 0 Å². The van der Waals surface area contributed by atoms with Crippen LogP contribution in [-0.4, -0.2) is 80.4 Å². The third kappa shape index (κ3) is 8.74. The van der Waals surface area contributed by atoms with Gasteiger partial charge in [0.15, 0.2) is 11.0 Å². The first-order valence-electron chi connectivity index (χ1n) is 9.60. The molecule has 2 N–H and O–H groups in total. The zero-order chi connectivity index (χ0) is 22.6. The van der Waals surface area contributed by atoms with E-state index >= 15 is 0 Å². The molecule has 0 amide bonds. The van der Waals surface area contributed by atoms with Crippen LogP contribution < -0.4 is 4.74 Å². The van der Waals surface area contributed by atoms with Gasteiger partial charge >= 0.3 is 11.9 Å². The van der Waals surface area contributed by atoms with Crippen LogP contribution in [0.4, 0.5) is 0 Å². The third-order valence-electron chi connectivity index (χ3n) is 4.22. The number of morpholine rings is 1. The standard InChI is InChI=1S/C17H23ClN4O2S.C2H2O4/c1-2-22-16(13-24-15-5-3-14(18)4-6-15)19-20-17(22)25-12-9-21-7-10-23-11-8-21;3-1(4)2(5)6/h3-6H,2,7-13H2,1H3;(H,3,4)(H,5,6). The maximum absolute atomic E-state index is 9.10. The van der Waals surface area contributed by atoms with Crippen LogP contribution in [0.5, 0.6) is 5.75 Å². The lowest BCUT2D eigenvalue weighted by molar-refractivity contribution is -0.159. The van der Waals surface area contributed by atoms with Crippen molar-refractivity contribution in [2.24, 2.45) is 0 Å². The molecule has 0 unspecified atom stereocenters. The van der Waals surface area contributed by atoms with Crippen LogP contribution in [0, 0.1) is 0 Å². The van der Waals surface area contributed by atoms with Gasteiger partial charge in [-0.2, -0.15) is 0 Å². The summed E-state index contributed by atoms with van der Waals surface area (Å²) in [5.41, 5.74) is 0. The highest BCUT2D eigenvalue weighted by Gasteiger charge is 2.14. The van der Waals surface area contributed by atoms with E-state index in [4.69, 9.17) is 40.9 Å². The predicted octanol–water partition coefficient (Wildman–Crippen LogP) is 2.11. The lowest BCUT2D eigenvalue weighted by atomic mass is 10.3. The smallest absolute Gasteiger partial charge is 0.414 e. The van der Waals surface area contributed by atoms with Crippen molar-refractivity contribution < 1.29 is 29.3 Å². The van der Waals surface area contributed by atoms with Gasteiger partial charge in [0.2, 0.25) is 0 Å². The van der Waals surface area contributed by atoms with Crippen LogP contribution in [0.15, 0.2) is 29.4 Å². The third-order valence-corrected chi connectivity index (χ3v) is 5.42. The molecule has 0 bridgehead atoms. The molecular formula is C19H25ClN4O6S. The highest BCUT2D eigenvalue weighted by molar-refractivity contribution is 7.99. The predicted molar refractivity (Wildman–Crippen MR) is 115 cm³/mol. The SMILES string of the molecule is CCn1c(COc2ccc(Cl)cc2)nnc1SCCN1CCOCC1.O=C(O)C(=O)O. The number of rotatable bonds is 8. The molecule has 1 saturated heterocycles. The molecule has 10 nitrogen and oxygen atoms in total. The zero-order valence-corrected chi connectivity index (χ0v) is 18.6. The van der Waals surface area contributed by atoms with Crippen molar-refractivity contribution >= 4 is 35.3 Å². The number of thioether (sulfide) groups is 1. The molecule has 0 atom stereocenters. The van der Waals surface area contributed by atoms with E-state index in [1.165, 1.54) is 0 Å². The number of carbonyl (C=O) groups is 2. The Bertz CT molecular complexity index is 830. The molecule has 0 saturated carbocycles. The molecule has 3 rings (SSSR count). The average Bonchev–Trinajstić information content (AvgIpc) is 3.16. The molecule has 1 aliphatic rings. The summed E-state index contributed by atoms with van der Waals surface area (Å²) in [4.78, 5) is 20.6. The second-order valence-corrected chi connectivity index (χ2v) is 7.80. The molecule has 1 aromatic carbocycles. The van der Waals surface area contributed by atoms with Gasteiger partial charge in [-0.15, -0.1) is 10.2 Å². The van der Waals surface area contributed by atoms with Gasteiger partial charge in [0.05, 0.1) is 13.2 Å². The Balaban J connectivity index is 0.000000501. The lowest BCUT2D eigenvalue weighted by Gasteiger charge is -2.26. The van der Waals surface area contributed by atoms with Gasteiger partial charge in [0, 0.05) is 37.0 Å². The van der Waals surface area contributed by atoms with Crippen LogP contribution in [0.1, 0.15) is 12.7 Å². The number of aliphatic carboxylic acids is 2. The van der Waals surface area contributed by atoms with E-state index < -0.39 is 11.9 Å². The lowest BCUT2D eigenvalue weighted by Crippen LogP contribution is -2.37. The van der Waals surface area contributed by atoms with E-state index in [9.17, 15) is 0 Å². The first-order valence-corrected chi connectivity index (χ1v) is 11.0. The molecule has 0 aliphatic carbocycles. The van der Waals surface area contributed by atoms with Crippen LogP contribution in [0.2, 0.25) is 5.02 Å².